The van der Waals surface area contributed by atoms with Gasteiger partial charge in [0.2, 0.25) is 10.0 Å². The molecule has 9 nitrogen and oxygen atoms in total. The molecule has 5 rings (SSSR count). The van der Waals surface area contributed by atoms with Crippen molar-refractivity contribution in [2.45, 2.75) is 29.8 Å². The first kappa shape index (κ1) is 29.0. The van der Waals surface area contributed by atoms with Gasteiger partial charge in [0.25, 0.3) is 11.8 Å². The van der Waals surface area contributed by atoms with E-state index in [-0.39, 0.29) is 42.1 Å². The minimum atomic E-state index is -4.19. The van der Waals surface area contributed by atoms with Gasteiger partial charge < -0.3 is 20.8 Å². The van der Waals surface area contributed by atoms with E-state index >= 15 is 0 Å². The lowest BCUT2D eigenvalue weighted by Gasteiger charge is -2.31. The molecule has 214 valence electrons. The van der Waals surface area contributed by atoms with Gasteiger partial charge in [-0.05, 0) is 40.6 Å². The Morgan fingerprint density at radius 1 is 1.07 bits per heavy atom. The van der Waals surface area contributed by atoms with Crippen molar-refractivity contribution in [2.75, 3.05) is 26.2 Å². The Morgan fingerprint density at radius 2 is 1.73 bits per heavy atom. The number of carbonyl (C=O) groups is 2. The lowest BCUT2D eigenvalue weighted by molar-refractivity contribution is -0.136. The fourth-order valence-electron chi connectivity index (χ4n) is 5.21. The number of rotatable bonds is 9. The fraction of sp³-hybridized carbons (Fsp3) is 0.267. The van der Waals surface area contributed by atoms with Gasteiger partial charge in [0.15, 0.2) is 0 Å². The van der Waals surface area contributed by atoms with E-state index in [2.05, 4.69) is 50.5 Å². The van der Waals surface area contributed by atoms with Crippen molar-refractivity contribution in [2.24, 2.45) is 5.73 Å². The number of nitrogens with zero attached hydrogens (tertiary/aromatic N) is 1. The quantitative estimate of drug-likeness (QED) is 0.330. The molecular formula is C30H31BrN4O5S. The molecule has 1 aliphatic carbocycles. The number of fused-ring (bicyclic) bond motifs is 1. The molecule has 1 unspecified atom stereocenters. The molecule has 2 amide bonds. The average Bonchev–Trinajstić information content (AvgIpc) is 3.28. The summed E-state index contributed by atoms with van der Waals surface area (Å²) in [6.07, 6.45) is 5.32. The van der Waals surface area contributed by atoms with Crippen LogP contribution >= 0.6 is 15.9 Å². The Balaban J connectivity index is 1.31. The van der Waals surface area contributed by atoms with Crippen LogP contribution in [0.3, 0.4) is 0 Å². The molecule has 1 aromatic heterocycles. The molecule has 0 saturated carbocycles. The second-order valence-corrected chi connectivity index (χ2v) is 12.8. The molecule has 1 aliphatic heterocycles. The summed E-state index contributed by atoms with van der Waals surface area (Å²) < 4.78 is 35.5. The van der Waals surface area contributed by atoms with Gasteiger partial charge in [-0.25, -0.2) is 8.42 Å². The Hall–Kier alpha value is -3.51. The predicted octanol–water partition coefficient (Wildman–Crippen LogP) is 2.09. The molecule has 0 spiro atoms. The van der Waals surface area contributed by atoms with Crippen LogP contribution in [0.4, 0.5) is 0 Å². The monoisotopic (exact) mass is 638 g/mol. The number of nitrogens with one attached hydrogen (secondary N) is 2. The number of amides is 2. The molecule has 41 heavy (non-hydrogen) atoms. The number of hydrogen-bond donors (Lipinski definition) is 3. The topological polar surface area (TPSA) is 135 Å². The minimum Gasteiger partial charge on any atom is -0.366 e. The van der Waals surface area contributed by atoms with E-state index < -0.39 is 22.0 Å². The normalized spacial score (nSPS) is 17.5. The third kappa shape index (κ3) is 6.38. The molecule has 1 fully saturated rings. The smallest absolute Gasteiger partial charge is 0.266 e. The molecular weight excluding hydrogens is 608 g/mol. The van der Waals surface area contributed by atoms with E-state index in [0.717, 1.165) is 15.6 Å². The molecule has 0 bridgehead atoms. The standard InChI is InChI=1S/C30H31BrN4O5S/c31-22-11-13-24-25(14-12-22)34-27(29(32)36)28(24)41(38,39)35-17-18-40-26(19-35)30(37)33-16-15-23(20-7-3-1-4-8-20)21-9-5-2-6-10-21/h1-10,12-14,23,26,34H,11,15-19H2,(H2,32,36)(H,33,37). The van der Waals surface area contributed by atoms with Gasteiger partial charge in [-0.15, -0.1) is 0 Å². The number of nitrogens with two attached hydrogens (primary N) is 1. The summed E-state index contributed by atoms with van der Waals surface area (Å²) >= 11 is 3.43. The summed E-state index contributed by atoms with van der Waals surface area (Å²) in [4.78, 5) is 28.1. The van der Waals surface area contributed by atoms with Crippen molar-refractivity contribution in [3.8, 4) is 0 Å². The van der Waals surface area contributed by atoms with Crippen LogP contribution in [0.5, 0.6) is 0 Å². The zero-order chi connectivity index (χ0) is 29.0. The van der Waals surface area contributed by atoms with Gasteiger partial charge in [0.05, 0.1) is 6.61 Å². The summed E-state index contributed by atoms with van der Waals surface area (Å²) in [7, 11) is -4.19. The maximum atomic E-state index is 13.9. The molecule has 3 aromatic rings. The molecule has 2 aliphatic rings. The number of primary amides is 1. The number of carbonyl (C=O) groups excluding carboxylic acids is 2. The van der Waals surface area contributed by atoms with Crippen molar-refractivity contribution >= 4 is 49.9 Å². The van der Waals surface area contributed by atoms with Crippen molar-refractivity contribution in [3.63, 3.8) is 0 Å². The van der Waals surface area contributed by atoms with Crippen LogP contribution in [0.1, 0.15) is 40.4 Å². The third-order valence-electron chi connectivity index (χ3n) is 7.26. The second kappa shape index (κ2) is 12.6. The lowest BCUT2D eigenvalue weighted by Crippen LogP contribution is -2.52. The van der Waals surface area contributed by atoms with Gasteiger partial charge in [0.1, 0.15) is 16.7 Å². The van der Waals surface area contributed by atoms with Gasteiger partial charge in [-0.3, -0.25) is 9.59 Å². The first-order valence-corrected chi connectivity index (χ1v) is 15.6. The Morgan fingerprint density at radius 3 is 2.37 bits per heavy atom. The molecule has 11 heteroatoms. The Bertz CT molecular complexity index is 1650. The number of benzene rings is 2. The highest BCUT2D eigenvalue weighted by atomic mass is 79.9. The predicted molar refractivity (Wildman–Crippen MR) is 160 cm³/mol. The van der Waals surface area contributed by atoms with E-state index in [1.54, 1.807) is 18.2 Å². The summed E-state index contributed by atoms with van der Waals surface area (Å²) in [5, 5.41) is 3.79. The highest BCUT2D eigenvalue weighted by molar-refractivity contribution is 9.11. The highest BCUT2D eigenvalue weighted by Crippen LogP contribution is 2.27. The molecule has 1 saturated heterocycles. The van der Waals surface area contributed by atoms with Crippen molar-refractivity contribution in [3.05, 3.63) is 98.6 Å². The van der Waals surface area contributed by atoms with Crippen LogP contribution in [0.25, 0.3) is 12.2 Å². The zero-order valence-electron chi connectivity index (χ0n) is 22.3. The fourth-order valence-corrected chi connectivity index (χ4v) is 7.29. The number of hydrogen-bond acceptors (Lipinski definition) is 5. The molecule has 2 aromatic carbocycles. The zero-order valence-corrected chi connectivity index (χ0v) is 24.7. The molecule has 2 heterocycles. The number of aromatic nitrogens is 1. The van der Waals surface area contributed by atoms with E-state index in [4.69, 9.17) is 10.5 Å². The molecule has 4 N–H and O–H groups in total. The van der Waals surface area contributed by atoms with Crippen molar-refractivity contribution in [1.82, 2.24) is 14.6 Å². The van der Waals surface area contributed by atoms with Gasteiger partial charge in [-0.1, -0.05) is 82.7 Å². The summed E-state index contributed by atoms with van der Waals surface area (Å²) in [6.45, 7) is 0.276. The largest absolute Gasteiger partial charge is 0.366 e. The number of morpholine rings is 1. The molecule has 0 radical (unpaired) electrons. The first-order valence-electron chi connectivity index (χ1n) is 13.3. The number of aromatic amines is 1. The van der Waals surface area contributed by atoms with E-state index in [9.17, 15) is 18.0 Å². The maximum Gasteiger partial charge on any atom is 0.266 e. The van der Waals surface area contributed by atoms with Crippen LogP contribution in [0.15, 0.2) is 76.1 Å². The number of ether oxygens (including phenoxy) is 1. The van der Waals surface area contributed by atoms with Gasteiger partial charge >= 0.3 is 0 Å². The van der Waals surface area contributed by atoms with E-state index in [1.807, 2.05) is 36.4 Å². The number of allylic oxidation sites excluding steroid dienone is 2. The van der Waals surface area contributed by atoms with Crippen LogP contribution in [0, 0.1) is 0 Å². The van der Waals surface area contributed by atoms with Crippen LogP contribution in [-0.2, 0) is 19.6 Å². The lowest BCUT2D eigenvalue weighted by atomic mass is 9.88. The first-order chi connectivity index (χ1) is 19.8. The second-order valence-electron chi connectivity index (χ2n) is 9.89. The summed E-state index contributed by atoms with van der Waals surface area (Å²) in [5.74, 6) is -1.18. The van der Waals surface area contributed by atoms with Gasteiger partial charge in [0, 0.05) is 36.1 Å². The van der Waals surface area contributed by atoms with Crippen molar-refractivity contribution < 1.29 is 22.7 Å². The average molecular weight is 640 g/mol. The summed E-state index contributed by atoms with van der Waals surface area (Å²) in [5.41, 5.74) is 7.67. The Kier molecular flexibility index (Phi) is 8.88. The van der Waals surface area contributed by atoms with E-state index in [1.165, 1.54) is 4.31 Å². The highest BCUT2D eigenvalue weighted by Gasteiger charge is 2.37. The van der Waals surface area contributed by atoms with Crippen LogP contribution in [-0.4, -0.2) is 61.9 Å². The van der Waals surface area contributed by atoms with Gasteiger partial charge in [-0.2, -0.15) is 4.31 Å². The summed E-state index contributed by atoms with van der Waals surface area (Å²) in [6, 6.07) is 20.2. The van der Waals surface area contributed by atoms with Crippen molar-refractivity contribution in [1.29, 1.82) is 0 Å². The Labute approximate surface area is 246 Å². The van der Waals surface area contributed by atoms with Crippen LogP contribution in [0.2, 0.25) is 0 Å². The molecule has 1 atom stereocenters. The number of halogens is 1. The van der Waals surface area contributed by atoms with Crippen LogP contribution < -0.4 is 21.6 Å². The minimum absolute atomic E-state index is 0.0371. The third-order valence-corrected chi connectivity index (χ3v) is 9.80. The number of H-pyrrole nitrogens is 1. The maximum absolute atomic E-state index is 13.9. The van der Waals surface area contributed by atoms with E-state index in [0.29, 0.717) is 30.0 Å². The SMILES string of the molecule is NC(=O)c1[nH]c2c(c1S(=O)(=O)N1CCOC(C(=O)NCCC(c3ccccc3)c3ccccc3)C1)=CCC(Br)=CC=2. The number of sulfonamides is 1.